The molecule has 0 aromatic heterocycles. The monoisotopic (exact) mass is 285 g/mol. The summed E-state index contributed by atoms with van der Waals surface area (Å²) in [5.74, 6) is -0.853. The summed E-state index contributed by atoms with van der Waals surface area (Å²) in [6.07, 6.45) is 0.544. The Morgan fingerprint density at radius 2 is 1.89 bits per heavy atom. The van der Waals surface area contributed by atoms with Gasteiger partial charge in [0.1, 0.15) is 0 Å². The van der Waals surface area contributed by atoms with Crippen LogP contribution in [-0.4, -0.2) is 32.3 Å². The van der Waals surface area contributed by atoms with E-state index in [1.807, 2.05) is 13.8 Å². The largest absolute Gasteiger partial charge is 0.478 e. The minimum absolute atomic E-state index is 0.00905. The van der Waals surface area contributed by atoms with E-state index in [-0.39, 0.29) is 22.9 Å². The molecule has 1 N–H and O–H groups in total. The molecule has 0 aliphatic rings. The van der Waals surface area contributed by atoms with Crippen molar-refractivity contribution in [2.24, 2.45) is 5.92 Å². The lowest BCUT2D eigenvalue weighted by molar-refractivity contribution is 0.0698. The van der Waals surface area contributed by atoms with E-state index in [1.165, 1.54) is 19.2 Å². The molecule has 0 heterocycles. The van der Waals surface area contributed by atoms with Crippen LogP contribution in [0.2, 0.25) is 0 Å². The van der Waals surface area contributed by atoms with Crippen LogP contribution in [0.1, 0.15) is 30.6 Å². The van der Waals surface area contributed by atoms with Crippen molar-refractivity contribution >= 4 is 21.7 Å². The molecule has 0 aliphatic carbocycles. The number of hydrogen-bond donors (Lipinski definition) is 1. The molecule has 0 saturated heterocycles. The maximum Gasteiger partial charge on any atom is 0.337 e. The van der Waals surface area contributed by atoms with Crippen molar-refractivity contribution in [2.45, 2.75) is 20.3 Å². The highest BCUT2D eigenvalue weighted by molar-refractivity contribution is 7.92. The van der Waals surface area contributed by atoms with Gasteiger partial charge >= 0.3 is 5.97 Å². The van der Waals surface area contributed by atoms with E-state index in [4.69, 9.17) is 5.11 Å². The zero-order chi connectivity index (χ0) is 14.6. The Hall–Kier alpha value is -1.56. The number of rotatable bonds is 6. The molecule has 0 spiro atoms. The van der Waals surface area contributed by atoms with Crippen molar-refractivity contribution < 1.29 is 18.3 Å². The minimum atomic E-state index is -3.49. The third kappa shape index (κ3) is 3.96. The van der Waals surface area contributed by atoms with Crippen LogP contribution in [0.5, 0.6) is 0 Å². The summed E-state index contributed by atoms with van der Waals surface area (Å²) < 4.78 is 25.3. The van der Waals surface area contributed by atoms with Crippen LogP contribution in [0.4, 0.5) is 5.69 Å². The van der Waals surface area contributed by atoms with Crippen LogP contribution in [-0.2, 0) is 10.0 Å². The summed E-state index contributed by atoms with van der Waals surface area (Å²) in [7, 11) is -2.11. The summed E-state index contributed by atoms with van der Waals surface area (Å²) in [5, 5.41) is 9.08. The van der Waals surface area contributed by atoms with Crippen LogP contribution in [0.3, 0.4) is 0 Å². The van der Waals surface area contributed by atoms with E-state index in [0.717, 1.165) is 4.31 Å². The highest BCUT2D eigenvalue weighted by Crippen LogP contribution is 2.22. The summed E-state index contributed by atoms with van der Waals surface area (Å²) in [6.45, 7) is 3.89. The van der Waals surface area contributed by atoms with Gasteiger partial charge in [0.05, 0.1) is 17.0 Å². The number of aromatic carboxylic acids is 1. The number of hydrogen-bond acceptors (Lipinski definition) is 3. The van der Waals surface area contributed by atoms with Gasteiger partial charge in [-0.25, -0.2) is 13.2 Å². The second kappa shape index (κ2) is 6.06. The molecule has 1 aromatic carbocycles. The van der Waals surface area contributed by atoms with E-state index in [1.54, 1.807) is 12.1 Å². The molecule has 0 saturated carbocycles. The molecule has 0 radical (unpaired) electrons. The normalized spacial score (nSPS) is 11.6. The highest BCUT2D eigenvalue weighted by Gasteiger charge is 2.22. The first kappa shape index (κ1) is 15.5. The summed E-state index contributed by atoms with van der Waals surface area (Å²) >= 11 is 0. The minimum Gasteiger partial charge on any atom is -0.478 e. The lowest BCUT2D eigenvalue weighted by atomic mass is 10.2. The summed E-state index contributed by atoms with van der Waals surface area (Å²) in [6, 6.07) is 6.08. The zero-order valence-electron chi connectivity index (χ0n) is 11.3. The Morgan fingerprint density at radius 1 is 1.32 bits per heavy atom. The second-order valence-electron chi connectivity index (χ2n) is 4.79. The standard InChI is InChI=1S/C13H19NO4S/c1-10(2)8-9-19(17,18)14(3)12-7-5-4-6-11(12)13(15)16/h4-7,10H,8-9H2,1-3H3,(H,15,16). The Labute approximate surface area is 113 Å². The van der Waals surface area contributed by atoms with Crippen LogP contribution in [0, 0.1) is 5.92 Å². The molecule has 106 valence electrons. The number of benzene rings is 1. The predicted octanol–water partition coefficient (Wildman–Crippen LogP) is 2.20. The number of para-hydroxylation sites is 1. The van der Waals surface area contributed by atoms with E-state index in [0.29, 0.717) is 6.42 Å². The highest BCUT2D eigenvalue weighted by atomic mass is 32.2. The molecule has 0 amide bonds. The maximum absolute atomic E-state index is 12.1. The van der Waals surface area contributed by atoms with E-state index < -0.39 is 16.0 Å². The summed E-state index contributed by atoms with van der Waals surface area (Å²) in [4.78, 5) is 11.1. The van der Waals surface area contributed by atoms with E-state index in [9.17, 15) is 13.2 Å². The lowest BCUT2D eigenvalue weighted by Gasteiger charge is -2.21. The number of nitrogens with zero attached hydrogens (tertiary/aromatic N) is 1. The molecule has 0 unspecified atom stereocenters. The van der Waals surface area contributed by atoms with Gasteiger partial charge in [-0.1, -0.05) is 26.0 Å². The lowest BCUT2D eigenvalue weighted by Crippen LogP contribution is -2.30. The first-order valence-electron chi connectivity index (χ1n) is 6.04. The number of carbonyl (C=O) groups is 1. The van der Waals surface area contributed by atoms with Crippen LogP contribution < -0.4 is 4.31 Å². The maximum atomic E-state index is 12.1. The van der Waals surface area contributed by atoms with Crippen molar-refractivity contribution in [3.8, 4) is 0 Å². The topological polar surface area (TPSA) is 74.7 Å². The molecule has 0 bridgehead atoms. The molecular weight excluding hydrogens is 266 g/mol. The molecule has 0 atom stereocenters. The second-order valence-corrected chi connectivity index (χ2v) is 6.91. The van der Waals surface area contributed by atoms with Gasteiger partial charge in [-0.05, 0) is 24.5 Å². The van der Waals surface area contributed by atoms with Crippen LogP contribution in [0.25, 0.3) is 0 Å². The van der Waals surface area contributed by atoms with Gasteiger partial charge in [0.2, 0.25) is 10.0 Å². The molecule has 5 nitrogen and oxygen atoms in total. The Balaban J connectivity index is 3.06. The zero-order valence-corrected chi connectivity index (χ0v) is 12.1. The smallest absolute Gasteiger partial charge is 0.337 e. The predicted molar refractivity (Wildman–Crippen MR) is 75.0 cm³/mol. The first-order chi connectivity index (χ1) is 8.75. The van der Waals surface area contributed by atoms with Gasteiger partial charge in [0.15, 0.2) is 0 Å². The van der Waals surface area contributed by atoms with Gasteiger partial charge in [-0.15, -0.1) is 0 Å². The van der Waals surface area contributed by atoms with Crippen molar-refractivity contribution in [1.82, 2.24) is 0 Å². The van der Waals surface area contributed by atoms with Crippen molar-refractivity contribution in [3.05, 3.63) is 29.8 Å². The van der Waals surface area contributed by atoms with Gasteiger partial charge in [0.25, 0.3) is 0 Å². The van der Waals surface area contributed by atoms with Crippen molar-refractivity contribution in [3.63, 3.8) is 0 Å². The molecular formula is C13H19NO4S. The quantitative estimate of drug-likeness (QED) is 0.869. The fourth-order valence-corrected chi connectivity index (χ4v) is 3.10. The number of carboxylic acid groups (broad SMARTS) is 1. The molecule has 1 rings (SSSR count). The molecule has 6 heteroatoms. The Kier molecular flexibility index (Phi) is 4.94. The number of carboxylic acids is 1. The first-order valence-corrected chi connectivity index (χ1v) is 7.65. The van der Waals surface area contributed by atoms with Gasteiger partial charge < -0.3 is 5.11 Å². The molecule has 0 fully saturated rings. The molecule has 1 aromatic rings. The average molecular weight is 285 g/mol. The van der Waals surface area contributed by atoms with Crippen LogP contribution in [0.15, 0.2) is 24.3 Å². The number of sulfonamides is 1. The summed E-state index contributed by atoms with van der Waals surface area (Å²) in [5.41, 5.74) is 0.178. The van der Waals surface area contributed by atoms with E-state index >= 15 is 0 Å². The molecule has 0 aliphatic heterocycles. The van der Waals surface area contributed by atoms with Crippen molar-refractivity contribution in [1.29, 1.82) is 0 Å². The van der Waals surface area contributed by atoms with Crippen LogP contribution >= 0.6 is 0 Å². The Morgan fingerprint density at radius 3 is 2.42 bits per heavy atom. The van der Waals surface area contributed by atoms with E-state index in [2.05, 4.69) is 0 Å². The third-order valence-corrected chi connectivity index (χ3v) is 4.63. The average Bonchev–Trinajstić information content (AvgIpc) is 2.35. The molecule has 19 heavy (non-hydrogen) atoms. The van der Waals surface area contributed by atoms with Gasteiger partial charge in [0, 0.05) is 7.05 Å². The fraction of sp³-hybridized carbons (Fsp3) is 0.462. The fourth-order valence-electron chi connectivity index (χ4n) is 1.60. The van der Waals surface area contributed by atoms with Gasteiger partial charge in [-0.3, -0.25) is 4.31 Å². The van der Waals surface area contributed by atoms with Crippen molar-refractivity contribution in [2.75, 3.05) is 17.1 Å². The number of anilines is 1. The Bertz CT molecular complexity index is 552. The third-order valence-electron chi connectivity index (χ3n) is 2.84. The van der Waals surface area contributed by atoms with Gasteiger partial charge in [-0.2, -0.15) is 0 Å². The SMILES string of the molecule is CC(C)CCS(=O)(=O)N(C)c1ccccc1C(=O)O.